The molecular formula is C29H25Cl2N3O3S. The van der Waals surface area contributed by atoms with Crippen molar-refractivity contribution in [2.24, 2.45) is 11.8 Å². The fraction of sp³-hybridized carbons (Fsp3) is 0.414. The van der Waals surface area contributed by atoms with Crippen LogP contribution in [0.3, 0.4) is 0 Å². The summed E-state index contributed by atoms with van der Waals surface area (Å²) in [7, 11) is 0. The largest absolute Gasteiger partial charge is 0.382 e. The Morgan fingerprint density at radius 2 is 1.84 bits per heavy atom. The Morgan fingerprint density at radius 1 is 1.11 bits per heavy atom. The molecular weight excluding hydrogens is 541 g/mol. The van der Waals surface area contributed by atoms with Crippen LogP contribution >= 0.6 is 34.5 Å². The summed E-state index contributed by atoms with van der Waals surface area (Å²) >= 11 is 14.5. The van der Waals surface area contributed by atoms with Crippen molar-refractivity contribution in [2.45, 2.75) is 62.8 Å². The van der Waals surface area contributed by atoms with Crippen LogP contribution in [0.4, 0.5) is 0 Å². The molecule has 3 fully saturated rings. The fourth-order valence-electron chi connectivity index (χ4n) is 6.40. The van der Waals surface area contributed by atoms with E-state index in [9.17, 15) is 10.4 Å². The Morgan fingerprint density at radius 3 is 2.53 bits per heavy atom. The third-order valence-electron chi connectivity index (χ3n) is 8.49. The molecule has 2 heterocycles. The molecule has 0 radical (unpaired) electrons. The Bertz CT molecular complexity index is 1550. The number of nitrogens with zero attached hydrogens (tertiary/aromatic N) is 3. The quantitative estimate of drug-likeness (QED) is 0.258. The first-order valence-electron chi connectivity index (χ1n) is 13.0. The molecule has 0 amide bonds. The van der Waals surface area contributed by atoms with Gasteiger partial charge in [-0.15, -0.1) is 11.3 Å². The van der Waals surface area contributed by atoms with Crippen molar-refractivity contribution in [2.75, 3.05) is 0 Å². The van der Waals surface area contributed by atoms with Crippen LogP contribution in [0, 0.1) is 23.2 Å². The van der Waals surface area contributed by atoms with Crippen molar-refractivity contribution < 1.29 is 14.4 Å². The van der Waals surface area contributed by atoms with Crippen molar-refractivity contribution in [1.29, 1.82) is 5.26 Å². The van der Waals surface area contributed by atoms with Gasteiger partial charge in [0.05, 0.1) is 44.6 Å². The number of hydrogen-bond acceptors (Lipinski definition) is 7. The number of thiazole rings is 1. The summed E-state index contributed by atoms with van der Waals surface area (Å²) in [6.07, 6.45) is 5.59. The van der Waals surface area contributed by atoms with Gasteiger partial charge in [0.25, 0.3) is 0 Å². The van der Waals surface area contributed by atoms with E-state index in [0.717, 1.165) is 65.1 Å². The highest BCUT2D eigenvalue weighted by Crippen LogP contribution is 2.57. The molecule has 194 valence electrons. The summed E-state index contributed by atoms with van der Waals surface area (Å²) in [4.78, 5) is 4.81. The molecule has 6 nitrogen and oxygen atoms in total. The van der Waals surface area contributed by atoms with Crippen LogP contribution in [0.5, 0.6) is 0 Å². The second-order valence-corrected chi connectivity index (χ2v) is 12.6. The highest BCUT2D eigenvalue weighted by molar-refractivity contribution is 7.18. The van der Waals surface area contributed by atoms with Gasteiger partial charge in [0.2, 0.25) is 0 Å². The minimum absolute atomic E-state index is 0.0175. The van der Waals surface area contributed by atoms with Crippen LogP contribution in [0.2, 0.25) is 10.0 Å². The molecule has 0 saturated heterocycles. The van der Waals surface area contributed by atoms with Crippen molar-refractivity contribution in [3.63, 3.8) is 0 Å². The number of rotatable bonds is 6. The maximum Gasteiger partial charge on any atom is 0.145 e. The van der Waals surface area contributed by atoms with Gasteiger partial charge < -0.3 is 14.4 Å². The minimum Gasteiger partial charge on any atom is -0.382 e. The molecule has 4 atom stereocenters. The fourth-order valence-corrected chi connectivity index (χ4v) is 8.23. The third-order valence-corrected chi connectivity index (χ3v) is 10.3. The molecule has 3 aliphatic carbocycles. The lowest BCUT2D eigenvalue weighted by molar-refractivity contribution is -0.116. The SMILES string of the molecule is N#Cc1ccc2nc([C@@]3(O)[C@@H]4CC[C@H]3C[C@@H](OCc3c(-c5c(Cl)cccc5Cl)noc3C3CC3)C4)sc2c1. The number of aliphatic hydroxyl groups is 1. The van der Waals surface area contributed by atoms with Crippen LogP contribution in [0.1, 0.15) is 66.3 Å². The molecule has 3 aliphatic rings. The molecule has 4 aromatic rings. The van der Waals surface area contributed by atoms with Gasteiger partial charge in [0.15, 0.2) is 0 Å². The summed E-state index contributed by atoms with van der Waals surface area (Å²) in [5, 5.41) is 27.5. The molecule has 0 unspecified atom stereocenters. The molecule has 0 spiro atoms. The first kappa shape index (κ1) is 24.6. The van der Waals surface area contributed by atoms with E-state index in [-0.39, 0.29) is 17.9 Å². The molecule has 38 heavy (non-hydrogen) atoms. The molecule has 2 aromatic heterocycles. The van der Waals surface area contributed by atoms with E-state index >= 15 is 0 Å². The highest BCUT2D eigenvalue weighted by atomic mass is 35.5. The van der Waals surface area contributed by atoms with E-state index in [0.29, 0.717) is 39.4 Å². The van der Waals surface area contributed by atoms with Crippen LogP contribution in [-0.4, -0.2) is 21.4 Å². The Labute approximate surface area is 234 Å². The van der Waals surface area contributed by atoms with Gasteiger partial charge in [-0.25, -0.2) is 4.98 Å². The molecule has 1 N–H and O–H groups in total. The van der Waals surface area contributed by atoms with Gasteiger partial charge in [-0.05, 0) is 80.7 Å². The predicted octanol–water partition coefficient (Wildman–Crippen LogP) is 7.60. The predicted molar refractivity (Wildman–Crippen MR) is 146 cm³/mol. The van der Waals surface area contributed by atoms with Crippen molar-refractivity contribution in [3.8, 4) is 17.3 Å². The second-order valence-electron chi connectivity index (χ2n) is 10.8. The number of benzene rings is 2. The molecule has 7 rings (SSSR count). The zero-order chi connectivity index (χ0) is 26.0. The smallest absolute Gasteiger partial charge is 0.145 e. The standard InChI is InChI=1S/C29H25Cl2N3O3S/c30-21-2-1-3-22(31)25(21)26-20(27(37-34-26)16-5-6-16)14-36-19-11-17-7-8-18(12-19)29(17,35)28-33-23-9-4-15(13-32)10-24(23)38-28/h1-4,9-10,16-19,35H,5-8,11-12,14H2/t17-,18+,19+,29-. The molecule has 3 saturated carbocycles. The van der Waals surface area contributed by atoms with Gasteiger partial charge in [-0.1, -0.05) is 34.4 Å². The van der Waals surface area contributed by atoms with E-state index in [4.69, 9.17) is 37.4 Å². The lowest BCUT2D eigenvalue weighted by Gasteiger charge is -2.41. The molecule has 0 aliphatic heterocycles. The monoisotopic (exact) mass is 565 g/mol. The Kier molecular flexibility index (Phi) is 6.03. The molecule has 2 bridgehead atoms. The van der Waals surface area contributed by atoms with Crippen molar-refractivity contribution in [3.05, 3.63) is 68.3 Å². The average molecular weight is 567 g/mol. The minimum atomic E-state index is -0.955. The lowest BCUT2D eigenvalue weighted by atomic mass is 9.73. The van der Waals surface area contributed by atoms with Crippen LogP contribution < -0.4 is 0 Å². The van der Waals surface area contributed by atoms with Crippen LogP contribution in [-0.2, 0) is 16.9 Å². The number of nitriles is 1. The lowest BCUT2D eigenvalue weighted by Crippen LogP contribution is -2.44. The summed E-state index contributed by atoms with van der Waals surface area (Å²) in [5.41, 5.74) is 2.75. The number of halogens is 2. The maximum atomic E-state index is 12.0. The number of aromatic nitrogens is 2. The zero-order valence-corrected chi connectivity index (χ0v) is 22.8. The topological polar surface area (TPSA) is 92.2 Å². The summed E-state index contributed by atoms with van der Waals surface area (Å²) in [6, 6.07) is 13.1. The highest BCUT2D eigenvalue weighted by Gasteiger charge is 2.56. The van der Waals surface area contributed by atoms with Crippen LogP contribution in [0.25, 0.3) is 21.5 Å². The summed E-state index contributed by atoms with van der Waals surface area (Å²) in [6.45, 7) is 0.368. The van der Waals surface area contributed by atoms with E-state index < -0.39 is 5.60 Å². The van der Waals surface area contributed by atoms with Gasteiger partial charge in [-0.2, -0.15) is 5.26 Å². The average Bonchev–Trinajstić information content (AvgIpc) is 3.50. The van der Waals surface area contributed by atoms with E-state index in [1.807, 2.05) is 30.3 Å². The number of hydrogen-bond donors (Lipinski definition) is 1. The normalized spacial score (nSPS) is 26.6. The van der Waals surface area contributed by atoms with Gasteiger partial charge >= 0.3 is 0 Å². The van der Waals surface area contributed by atoms with Gasteiger partial charge in [0, 0.05) is 17.0 Å². The Balaban J connectivity index is 1.13. The number of ether oxygens (including phenoxy) is 1. The first-order chi connectivity index (χ1) is 18.5. The zero-order valence-electron chi connectivity index (χ0n) is 20.5. The third kappa shape index (κ3) is 3.97. The van der Waals surface area contributed by atoms with Gasteiger partial charge in [0.1, 0.15) is 22.1 Å². The van der Waals surface area contributed by atoms with Crippen molar-refractivity contribution in [1.82, 2.24) is 10.1 Å². The summed E-state index contributed by atoms with van der Waals surface area (Å²) in [5.74, 6) is 1.39. The first-order valence-corrected chi connectivity index (χ1v) is 14.6. The van der Waals surface area contributed by atoms with Crippen molar-refractivity contribution >= 4 is 44.8 Å². The second kappa shape index (κ2) is 9.32. The maximum absolute atomic E-state index is 12.0. The van der Waals surface area contributed by atoms with E-state index in [2.05, 4.69) is 11.2 Å². The van der Waals surface area contributed by atoms with Crippen LogP contribution in [0.15, 0.2) is 40.9 Å². The summed E-state index contributed by atoms with van der Waals surface area (Å²) < 4.78 is 13.3. The molecule has 2 aromatic carbocycles. The Hall–Kier alpha value is -2.47. The molecule has 9 heteroatoms. The van der Waals surface area contributed by atoms with E-state index in [1.165, 1.54) is 11.3 Å². The van der Waals surface area contributed by atoms with E-state index in [1.54, 1.807) is 6.07 Å². The van der Waals surface area contributed by atoms with Gasteiger partial charge in [-0.3, -0.25) is 0 Å². The number of fused-ring (bicyclic) bond motifs is 3.